The third kappa shape index (κ3) is 3.10. The summed E-state index contributed by atoms with van der Waals surface area (Å²) in [5.74, 6) is 0.844. The van der Waals surface area contributed by atoms with E-state index in [0.29, 0.717) is 29.9 Å². The lowest BCUT2D eigenvalue weighted by Gasteiger charge is -2.37. The number of methoxy groups -OCH3 is 1. The molecule has 1 aromatic carbocycles. The molecule has 5 rings (SSSR count). The zero-order chi connectivity index (χ0) is 20.8. The monoisotopic (exact) mass is 427 g/mol. The van der Waals surface area contributed by atoms with Gasteiger partial charge in [-0.2, -0.15) is 0 Å². The molecule has 0 radical (unpaired) electrons. The smallest absolute Gasteiger partial charge is 0.290 e. The van der Waals surface area contributed by atoms with Crippen LogP contribution in [0, 0.1) is 5.92 Å². The average molecular weight is 428 g/mol. The van der Waals surface area contributed by atoms with Crippen molar-refractivity contribution in [3.8, 4) is 5.75 Å². The van der Waals surface area contributed by atoms with Crippen LogP contribution < -0.4 is 4.74 Å². The summed E-state index contributed by atoms with van der Waals surface area (Å²) in [6, 6.07) is 10.5. The highest BCUT2D eigenvalue weighted by molar-refractivity contribution is 6.21. The van der Waals surface area contributed by atoms with Crippen LogP contribution in [0.5, 0.6) is 5.75 Å². The Balaban J connectivity index is 1.59. The molecule has 1 amide bonds. The maximum Gasteiger partial charge on any atom is 0.290 e. The molecule has 2 aromatic rings. The van der Waals surface area contributed by atoms with E-state index >= 15 is 0 Å². The molecule has 2 aliphatic heterocycles. The van der Waals surface area contributed by atoms with Crippen molar-refractivity contribution in [3.63, 3.8) is 0 Å². The zero-order valence-electron chi connectivity index (χ0n) is 16.5. The minimum atomic E-state index is -0.558. The number of Topliss-reactive ketones (excluding diaryl/α,β-unsaturated/α-hetero) is 1. The first-order valence-corrected chi connectivity index (χ1v) is 10.6. The van der Waals surface area contributed by atoms with Crippen LogP contribution in [0.2, 0.25) is 0 Å². The van der Waals surface area contributed by atoms with Crippen LogP contribution in [-0.4, -0.2) is 35.2 Å². The summed E-state index contributed by atoms with van der Waals surface area (Å²) in [5.41, 5.74) is 1.22. The van der Waals surface area contributed by atoms with Gasteiger partial charge in [-0.25, -0.2) is 0 Å². The quantitative estimate of drug-likeness (QED) is 0.690. The Morgan fingerprint density at radius 2 is 2.07 bits per heavy atom. The van der Waals surface area contributed by atoms with Crippen molar-refractivity contribution in [1.29, 1.82) is 0 Å². The van der Waals surface area contributed by atoms with E-state index in [1.54, 1.807) is 24.3 Å². The van der Waals surface area contributed by atoms with Gasteiger partial charge in [-0.3, -0.25) is 9.59 Å². The Morgan fingerprint density at radius 1 is 1.20 bits per heavy atom. The van der Waals surface area contributed by atoms with Crippen LogP contribution in [0.15, 0.2) is 58.4 Å². The second kappa shape index (κ2) is 7.51. The third-order valence-electron chi connectivity index (χ3n) is 6.19. The predicted octanol–water partition coefficient (Wildman–Crippen LogP) is 4.00. The van der Waals surface area contributed by atoms with Gasteiger partial charge in [0.25, 0.3) is 5.91 Å². The van der Waals surface area contributed by atoms with Crippen molar-refractivity contribution >= 4 is 23.3 Å². The maximum atomic E-state index is 13.6. The number of amides is 1. The molecule has 0 N–H and O–H groups in total. The van der Waals surface area contributed by atoms with E-state index in [9.17, 15) is 9.59 Å². The van der Waals surface area contributed by atoms with Gasteiger partial charge in [0.2, 0.25) is 0 Å². The Bertz CT molecular complexity index is 1010. The fourth-order valence-electron chi connectivity index (χ4n) is 4.75. The van der Waals surface area contributed by atoms with Gasteiger partial charge < -0.3 is 18.8 Å². The van der Waals surface area contributed by atoms with Gasteiger partial charge in [0, 0.05) is 5.38 Å². The summed E-state index contributed by atoms with van der Waals surface area (Å²) in [5, 5.41) is -0.0486. The first-order valence-electron chi connectivity index (χ1n) is 10.1. The number of carbonyl (C=O) groups is 2. The van der Waals surface area contributed by atoms with E-state index < -0.39 is 6.04 Å². The molecule has 1 fully saturated rings. The number of carbonyl (C=O) groups excluding carboxylic acids is 2. The van der Waals surface area contributed by atoms with Crippen LogP contribution >= 0.6 is 11.6 Å². The second-order valence-corrected chi connectivity index (χ2v) is 8.59. The number of halogens is 1. The standard InChI is InChI=1S/C23H22ClNO5/c1-28-15-5-2-4-13(10-15)20-19-21(26)17-11-14(24)7-8-18(17)30-22(19)23(27)25(20)12-16-6-3-9-29-16/h2-6,9-10,14,17-18,20H,7-8,11-12H2,1H3. The molecule has 1 saturated carbocycles. The minimum Gasteiger partial charge on any atom is -0.497 e. The molecule has 3 aliphatic rings. The SMILES string of the molecule is COc1cccc(C2C3=C(OC4CCC(Cl)CC4C3=O)C(=O)N2Cc2ccco2)c1. The highest BCUT2D eigenvalue weighted by atomic mass is 35.5. The van der Waals surface area contributed by atoms with Gasteiger partial charge in [0.15, 0.2) is 11.5 Å². The Hall–Kier alpha value is -2.73. The number of benzene rings is 1. The van der Waals surface area contributed by atoms with Gasteiger partial charge >= 0.3 is 0 Å². The molecule has 156 valence electrons. The van der Waals surface area contributed by atoms with Crippen LogP contribution in [0.1, 0.15) is 36.6 Å². The lowest BCUT2D eigenvalue weighted by atomic mass is 9.77. The van der Waals surface area contributed by atoms with Gasteiger partial charge in [-0.05, 0) is 49.1 Å². The number of hydrogen-bond acceptors (Lipinski definition) is 5. The molecule has 30 heavy (non-hydrogen) atoms. The van der Waals surface area contributed by atoms with Crippen molar-refractivity contribution in [1.82, 2.24) is 4.90 Å². The summed E-state index contributed by atoms with van der Waals surface area (Å²) in [7, 11) is 1.59. The van der Waals surface area contributed by atoms with E-state index in [-0.39, 0.29) is 41.4 Å². The van der Waals surface area contributed by atoms with Crippen LogP contribution in [-0.2, 0) is 20.9 Å². The molecule has 4 atom stereocenters. The molecular weight excluding hydrogens is 406 g/mol. The van der Waals surface area contributed by atoms with E-state index in [1.807, 2.05) is 30.3 Å². The molecule has 4 unspecified atom stereocenters. The van der Waals surface area contributed by atoms with E-state index in [4.69, 9.17) is 25.5 Å². The molecule has 0 spiro atoms. The fraction of sp³-hybridized carbons (Fsp3) is 0.391. The Labute approximate surface area is 179 Å². The van der Waals surface area contributed by atoms with E-state index in [1.165, 1.54) is 0 Å². The Kier molecular flexibility index (Phi) is 4.82. The molecule has 6 nitrogen and oxygen atoms in total. The summed E-state index contributed by atoms with van der Waals surface area (Å²) in [6.07, 6.45) is 3.31. The van der Waals surface area contributed by atoms with Gasteiger partial charge in [-0.15, -0.1) is 11.6 Å². The van der Waals surface area contributed by atoms with Crippen molar-refractivity contribution in [3.05, 3.63) is 65.3 Å². The third-order valence-corrected chi connectivity index (χ3v) is 6.59. The van der Waals surface area contributed by atoms with Gasteiger partial charge in [0.05, 0.1) is 37.5 Å². The fourth-order valence-corrected chi connectivity index (χ4v) is 5.07. The number of ether oxygens (including phenoxy) is 2. The van der Waals surface area contributed by atoms with Gasteiger partial charge in [-0.1, -0.05) is 12.1 Å². The Morgan fingerprint density at radius 3 is 2.83 bits per heavy atom. The number of hydrogen-bond donors (Lipinski definition) is 0. The van der Waals surface area contributed by atoms with Crippen molar-refractivity contribution in [2.45, 2.75) is 43.3 Å². The molecule has 1 aromatic heterocycles. The number of furan rings is 1. The minimum absolute atomic E-state index is 0.0327. The average Bonchev–Trinajstić information content (AvgIpc) is 3.36. The van der Waals surface area contributed by atoms with E-state index in [0.717, 1.165) is 12.0 Å². The van der Waals surface area contributed by atoms with Crippen molar-refractivity contribution in [2.75, 3.05) is 7.11 Å². The summed E-state index contributed by atoms with van der Waals surface area (Å²) < 4.78 is 17.0. The van der Waals surface area contributed by atoms with Gasteiger partial charge in [0.1, 0.15) is 17.6 Å². The first-order chi connectivity index (χ1) is 14.6. The molecular formula is C23H22ClNO5. The topological polar surface area (TPSA) is 69.0 Å². The number of alkyl halides is 1. The zero-order valence-corrected chi connectivity index (χ0v) is 17.3. The summed E-state index contributed by atoms with van der Waals surface area (Å²) in [4.78, 5) is 28.6. The number of fused-ring (bicyclic) bond motifs is 1. The van der Waals surface area contributed by atoms with Crippen LogP contribution in [0.25, 0.3) is 0 Å². The lowest BCUT2D eigenvalue weighted by Crippen LogP contribution is -2.41. The molecule has 0 bridgehead atoms. The highest BCUT2D eigenvalue weighted by Crippen LogP contribution is 2.48. The molecule has 7 heteroatoms. The largest absolute Gasteiger partial charge is 0.497 e. The van der Waals surface area contributed by atoms with Crippen molar-refractivity contribution in [2.24, 2.45) is 5.92 Å². The second-order valence-electron chi connectivity index (χ2n) is 7.97. The van der Waals surface area contributed by atoms with Crippen LogP contribution in [0.3, 0.4) is 0 Å². The molecule has 3 heterocycles. The first kappa shape index (κ1) is 19.2. The summed E-state index contributed by atoms with van der Waals surface area (Å²) in [6.45, 7) is 0.241. The molecule has 1 aliphatic carbocycles. The number of ketones is 1. The lowest BCUT2D eigenvalue weighted by molar-refractivity contribution is -0.135. The van der Waals surface area contributed by atoms with E-state index in [2.05, 4.69) is 0 Å². The van der Waals surface area contributed by atoms with Crippen LogP contribution in [0.4, 0.5) is 0 Å². The van der Waals surface area contributed by atoms with Crippen molar-refractivity contribution < 1.29 is 23.5 Å². The predicted molar refractivity (Wildman–Crippen MR) is 109 cm³/mol. The maximum absolute atomic E-state index is 13.6. The summed E-state index contributed by atoms with van der Waals surface area (Å²) >= 11 is 6.36. The normalized spacial score (nSPS) is 28.3. The highest BCUT2D eigenvalue weighted by Gasteiger charge is 2.52. The number of rotatable bonds is 4. The molecule has 0 saturated heterocycles. The number of nitrogens with zero attached hydrogens (tertiary/aromatic N) is 1.